The second-order valence-corrected chi connectivity index (χ2v) is 5.02. The summed E-state index contributed by atoms with van der Waals surface area (Å²) in [4.78, 5) is 0. The minimum absolute atomic E-state index is 0.547. The Bertz CT molecular complexity index is 97.1. The van der Waals surface area contributed by atoms with Gasteiger partial charge >= 0.3 is 6.81 Å². The molecule has 0 fully saturated rings. The molecule has 44 valence electrons. The molecular formula is C3H7ClFOP. The third kappa shape index (κ3) is 3.07. The standard InChI is InChI=1S/C3H7ClFOP/c1-3(2)7(4,5)6/h3H,1-2H3. The fraction of sp³-hybridized carbons (Fsp3) is 1.00. The summed E-state index contributed by atoms with van der Waals surface area (Å²) in [5, 5.41) is 0. The molecule has 0 N–H and O–H groups in total. The van der Waals surface area contributed by atoms with Crippen molar-refractivity contribution in [3.8, 4) is 0 Å². The maximum Gasteiger partial charge on any atom is 0.329 e. The highest BCUT2D eigenvalue weighted by Crippen LogP contribution is 2.57. The molecule has 0 amide bonds. The van der Waals surface area contributed by atoms with Gasteiger partial charge in [-0.2, -0.15) is 4.20 Å². The molecule has 1 nitrogen and oxygen atoms in total. The Labute approximate surface area is 47.1 Å². The molecule has 7 heavy (non-hydrogen) atoms. The SMILES string of the molecule is CC(C)P(=O)(F)Cl. The number of hydrogen-bond acceptors (Lipinski definition) is 1. The minimum Gasteiger partial charge on any atom is -0.270 e. The minimum atomic E-state index is -3.77. The van der Waals surface area contributed by atoms with E-state index >= 15 is 0 Å². The summed E-state index contributed by atoms with van der Waals surface area (Å²) in [6, 6.07) is 0. The molecule has 0 heterocycles. The molecule has 0 aromatic heterocycles. The van der Waals surface area contributed by atoms with Crippen LogP contribution in [0.4, 0.5) is 4.20 Å². The third-order valence-corrected chi connectivity index (χ3v) is 2.97. The molecule has 1 unspecified atom stereocenters. The highest BCUT2D eigenvalue weighted by Gasteiger charge is 2.20. The second kappa shape index (κ2) is 2.15. The summed E-state index contributed by atoms with van der Waals surface area (Å²) in [7, 11) is 0. The predicted octanol–water partition coefficient (Wildman–Crippen LogP) is 2.80. The van der Waals surface area contributed by atoms with Gasteiger partial charge in [-0.3, -0.25) is 4.57 Å². The maximum atomic E-state index is 11.8. The molecule has 0 aromatic carbocycles. The molecule has 1 atom stereocenters. The first-order valence-electron chi connectivity index (χ1n) is 1.93. The monoisotopic (exact) mass is 144 g/mol. The van der Waals surface area contributed by atoms with Crippen molar-refractivity contribution in [3.05, 3.63) is 0 Å². The Morgan fingerprint density at radius 1 is 1.71 bits per heavy atom. The van der Waals surface area contributed by atoms with E-state index in [-0.39, 0.29) is 0 Å². The molecule has 0 saturated heterocycles. The third-order valence-electron chi connectivity index (χ3n) is 0.601. The van der Waals surface area contributed by atoms with Crippen LogP contribution in [-0.4, -0.2) is 5.66 Å². The van der Waals surface area contributed by atoms with E-state index in [2.05, 4.69) is 0 Å². The van der Waals surface area contributed by atoms with Gasteiger partial charge in [0.05, 0.1) is 0 Å². The van der Waals surface area contributed by atoms with Crippen molar-refractivity contribution in [2.75, 3.05) is 0 Å². The normalized spacial score (nSPS) is 19.6. The lowest BCUT2D eigenvalue weighted by Crippen LogP contribution is -1.84. The maximum absolute atomic E-state index is 11.8. The van der Waals surface area contributed by atoms with Crippen molar-refractivity contribution in [1.29, 1.82) is 0 Å². The lowest BCUT2D eigenvalue weighted by atomic mass is 10.6. The van der Waals surface area contributed by atoms with Crippen molar-refractivity contribution < 1.29 is 8.76 Å². The van der Waals surface area contributed by atoms with Gasteiger partial charge in [-0.25, -0.2) is 0 Å². The number of rotatable bonds is 1. The Morgan fingerprint density at radius 3 is 1.86 bits per heavy atom. The van der Waals surface area contributed by atoms with Crippen LogP contribution in [0.3, 0.4) is 0 Å². The van der Waals surface area contributed by atoms with Crippen LogP contribution in [0.5, 0.6) is 0 Å². The lowest BCUT2D eigenvalue weighted by Gasteiger charge is -2.00. The summed E-state index contributed by atoms with van der Waals surface area (Å²) < 4.78 is 21.8. The van der Waals surface area contributed by atoms with Crippen LogP contribution >= 0.6 is 18.0 Å². The van der Waals surface area contributed by atoms with Crippen LogP contribution in [0.1, 0.15) is 13.8 Å². The smallest absolute Gasteiger partial charge is 0.270 e. The van der Waals surface area contributed by atoms with Gasteiger partial charge in [0.2, 0.25) is 0 Å². The van der Waals surface area contributed by atoms with Crippen molar-refractivity contribution in [2.24, 2.45) is 0 Å². The first kappa shape index (κ1) is 7.45. The number of halogens is 2. The second-order valence-electron chi connectivity index (χ2n) is 1.60. The zero-order chi connectivity index (χ0) is 6.08. The van der Waals surface area contributed by atoms with Crippen molar-refractivity contribution in [1.82, 2.24) is 0 Å². The summed E-state index contributed by atoms with van der Waals surface area (Å²) >= 11 is 4.76. The van der Waals surface area contributed by atoms with Crippen LogP contribution in [0.25, 0.3) is 0 Å². The Kier molecular flexibility index (Phi) is 2.28. The first-order chi connectivity index (χ1) is 2.94. The number of hydrogen-bond donors (Lipinski definition) is 0. The average Bonchev–Trinajstić information content (AvgIpc) is 1.31. The van der Waals surface area contributed by atoms with E-state index in [1.807, 2.05) is 0 Å². The van der Waals surface area contributed by atoms with E-state index in [0.717, 1.165) is 0 Å². The molecule has 0 aliphatic carbocycles. The zero-order valence-electron chi connectivity index (χ0n) is 4.19. The van der Waals surface area contributed by atoms with Gasteiger partial charge in [0, 0.05) is 5.66 Å². The summed E-state index contributed by atoms with van der Waals surface area (Å²) in [6.07, 6.45) is 0. The van der Waals surface area contributed by atoms with E-state index in [1.165, 1.54) is 13.8 Å². The van der Waals surface area contributed by atoms with E-state index in [4.69, 9.17) is 11.2 Å². The van der Waals surface area contributed by atoms with E-state index < -0.39 is 12.5 Å². The fourth-order valence-electron chi connectivity index (χ4n) is 0. The van der Waals surface area contributed by atoms with Gasteiger partial charge < -0.3 is 0 Å². The van der Waals surface area contributed by atoms with Gasteiger partial charge in [-0.15, -0.1) is 0 Å². The molecule has 0 rings (SSSR count). The first-order valence-corrected chi connectivity index (χ1v) is 4.51. The van der Waals surface area contributed by atoms with Gasteiger partial charge in [0.25, 0.3) is 0 Å². The Morgan fingerprint density at radius 2 is 1.86 bits per heavy atom. The molecule has 0 bridgehead atoms. The largest absolute Gasteiger partial charge is 0.329 e. The predicted molar refractivity (Wildman–Crippen MR) is 29.7 cm³/mol. The lowest BCUT2D eigenvalue weighted by molar-refractivity contribution is 0.546. The molecule has 0 aliphatic heterocycles. The van der Waals surface area contributed by atoms with E-state index in [1.54, 1.807) is 0 Å². The molecule has 4 heteroatoms. The van der Waals surface area contributed by atoms with Crippen LogP contribution in [0.2, 0.25) is 0 Å². The summed E-state index contributed by atoms with van der Waals surface area (Å²) in [5.74, 6) is 0. The van der Waals surface area contributed by atoms with Gasteiger partial charge in [-0.05, 0) is 11.2 Å². The molecule has 0 saturated carbocycles. The molecule has 0 aliphatic rings. The van der Waals surface area contributed by atoms with Gasteiger partial charge in [0.1, 0.15) is 0 Å². The van der Waals surface area contributed by atoms with Crippen LogP contribution in [-0.2, 0) is 4.57 Å². The van der Waals surface area contributed by atoms with Crippen LogP contribution in [0, 0.1) is 0 Å². The molecule has 0 spiro atoms. The highest BCUT2D eigenvalue weighted by atomic mass is 35.7. The zero-order valence-corrected chi connectivity index (χ0v) is 5.84. The summed E-state index contributed by atoms with van der Waals surface area (Å²) in [5.41, 5.74) is -0.547. The molecular weight excluding hydrogens is 137 g/mol. The van der Waals surface area contributed by atoms with Crippen LogP contribution in [0.15, 0.2) is 0 Å². The van der Waals surface area contributed by atoms with Crippen molar-refractivity contribution in [3.63, 3.8) is 0 Å². The molecule has 0 radical (unpaired) electrons. The highest BCUT2D eigenvalue weighted by molar-refractivity contribution is 7.85. The van der Waals surface area contributed by atoms with Gasteiger partial charge in [0.15, 0.2) is 0 Å². The van der Waals surface area contributed by atoms with E-state index in [9.17, 15) is 8.76 Å². The quantitative estimate of drug-likeness (QED) is 0.517. The Balaban J connectivity index is 3.80. The molecule has 0 aromatic rings. The fourth-order valence-corrected chi connectivity index (χ4v) is 0. The Hall–Kier alpha value is 0.450. The van der Waals surface area contributed by atoms with Gasteiger partial charge in [-0.1, -0.05) is 13.8 Å². The summed E-state index contributed by atoms with van der Waals surface area (Å²) in [6.45, 7) is -0.806. The van der Waals surface area contributed by atoms with E-state index in [0.29, 0.717) is 0 Å². The van der Waals surface area contributed by atoms with Crippen molar-refractivity contribution >= 4 is 18.0 Å². The topological polar surface area (TPSA) is 17.1 Å². The van der Waals surface area contributed by atoms with Crippen LogP contribution < -0.4 is 0 Å². The average molecular weight is 145 g/mol. The van der Waals surface area contributed by atoms with Crippen molar-refractivity contribution in [2.45, 2.75) is 19.5 Å².